The highest BCUT2D eigenvalue weighted by atomic mass is 35.5. The molecule has 0 heterocycles. The average Bonchev–Trinajstić information content (AvgIpc) is 3.03. The number of hydrogen-bond donors (Lipinski definition) is 1. The molecule has 1 aliphatic carbocycles. The van der Waals surface area contributed by atoms with Crippen molar-refractivity contribution in [3.05, 3.63) is 34.9 Å². The molecular weight excluding hydrogens is 330 g/mol. The summed E-state index contributed by atoms with van der Waals surface area (Å²) in [5.41, 5.74) is 1.30. The van der Waals surface area contributed by atoms with Crippen molar-refractivity contribution >= 4 is 29.2 Å². The lowest BCUT2D eigenvalue weighted by Crippen LogP contribution is -2.30. The molecule has 130 valence electrons. The van der Waals surface area contributed by atoms with Gasteiger partial charge in [-0.1, -0.05) is 23.8 Å². The normalized spacial score (nSPS) is 17.4. The Morgan fingerprint density at radius 1 is 1.42 bits per heavy atom. The molecule has 1 aromatic rings. The summed E-state index contributed by atoms with van der Waals surface area (Å²) in [4.78, 5) is 24.2. The molecule has 0 spiro atoms. The van der Waals surface area contributed by atoms with Crippen molar-refractivity contribution in [2.75, 3.05) is 12.4 Å². The Balaban J connectivity index is 1.94. The number of amides is 1. The van der Waals surface area contributed by atoms with E-state index in [1.54, 1.807) is 19.1 Å². The molecule has 1 aliphatic rings. The lowest BCUT2D eigenvalue weighted by Gasteiger charge is -2.17. The molecule has 0 aliphatic heterocycles. The molecule has 5 nitrogen and oxygen atoms in total. The Labute approximate surface area is 147 Å². The summed E-state index contributed by atoms with van der Waals surface area (Å²) in [6.07, 6.45) is 5.44. The molecular formula is C18H22ClNO4. The number of halogens is 1. The second-order valence-electron chi connectivity index (χ2n) is 5.89. The van der Waals surface area contributed by atoms with Gasteiger partial charge in [-0.05, 0) is 44.2 Å². The standard InChI is InChI=1S/C18H22ClNO4/c1-11-8-15(16(23-3)10-14(11)19)20-18(22)12(2)24-17(21)9-13-6-4-5-7-13/h4,6,8,10,12-13H,5,7,9H2,1-3H3,(H,20,22)/t12-,13+/m1/s1. The minimum Gasteiger partial charge on any atom is -0.495 e. The fourth-order valence-corrected chi connectivity index (χ4v) is 2.70. The van der Waals surface area contributed by atoms with Crippen molar-refractivity contribution in [3.63, 3.8) is 0 Å². The third-order valence-corrected chi connectivity index (χ3v) is 4.36. The van der Waals surface area contributed by atoms with Gasteiger partial charge in [0, 0.05) is 11.1 Å². The van der Waals surface area contributed by atoms with E-state index in [1.807, 2.05) is 13.0 Å². The van der Waals surface area contributed by atoms with Crippen molar-refractivity contribution in [2.45, 2.75) is 39.2 Å². The van der Waals surface area contributed by atoms with Gasteiger partial charge in [-0.3, -0.25) is 9.59 Å². The monoisotopic (exact) mass is 351 g/mol. The van der Waals surface area contributed by atoms with E-state index in [0.29, 0.717) is 22.9 Å². The smallest absolute Gasteiger partial charge is 0.307 e. The maximum atomic E-state index is 12.3. The van der Waals surface area contributed by atoms with Crippen LogP contribution in [0.25, 0.3) is 0 Å². The molecule has 1 N–H and O–H groups in total. The Morgan fingerprint density at radius 2 is 2.17 bits per heavy atom. The highest BCUT2D eigenvalue weighted by Crippen LogP contribution is 2.31. The molecule has 0 aromatic heterocycles. The van der Waals surface area contributed by atoms with Crippen LogP contribution in [0.1, 0.15) is 31.7 Å². The van der Waals surface area contributed by atoms with Gasteiger partial charge in [0.05, 0.1) is 19.2 Å². The Hall–Kier alpha value is -2.01. The molecule has 6 heteroatoms. The van der Waals surface area contributed by atoms with Crippen LogP contribution in [-0.2, 0) is 14.3 Å². The molecule has 1 aromatic carbocycles. The third-order valence-electron chi connectivity index (χ3n) is 3.96. The number of aryl methyl sites for hydroxylation is 1. The van der Waals surface area contributed by atoms with Gasteiger partial charge >= 0.3 is 5.97 Å². The molecule has 0 radical (unpaired) electrons. The Morgan fingerprint density at radius 3 is 2.79 bits per heavy atom. The summed E-state index contributed by atoms with van der Waals surface area (Å²) in [5.74, 6) is -0.112. The lowest BCUT2D eigenvalue weighted by atomic mass is 10.1. The topological polar surface area (TPSA) is 64.6 Å². The number of allylic oxidation sites excluding steroid dienone is 2. The fourth-order valence-electron chi connectivity index (χ4n) is 2.54. The number of methoxy groups -OCH3 is 1. The molecule has 0 bridgehead atoms. The number of anilines is 1. The number of esters is 1. The molecule has 0 unspecified atom stereocenters. The zero-order valence-electron chi connectivity index (χ0n) is 14.1. The minimum atomic E-state index is -0.886. The zero-order chi connectivity index (χ0) is 17.7. The van der Waals surface area contributed by atoms with Crippen molar-refractivity contribution < 1.29 is 19.1 Å². The summed E-state index contributed by atoms with van der Waals surface area (Å²) in [6, 6.07) is 3.35. The second-order valence-corrected chi connectivity index (χ2v) is 6.30. The summed E-state index contributed by atoms with van der Waals surface area (Å²) in [7, 11) is 1.50. The van der Waals surface area contributed by atoms with Gasteiger partial charge in [0.25, 0.3) is 5.91 Å². The summed E-state index contributed by atoms with van der Waals surface area (Å²) < 4.78 is 10.4. The van der Waals surface area contributed by atoms with Gasteiger partial charge in [0.15, 0.2) is 6.10 Å². The van der Waals surface area contributed by atoms with Gasteiger partial charge in [-0.15, -0.1) is 0 Å². The second kappa shape index (κ2) is 8.20. The number of carbonyl (C=O) groups is 2. The number of nitrogens with one attached hydrogen (secondary N) is 1. The average molecular weight is 352 g/mol. The molecule has 0 saturated carbocycles. The van der Waals surface area contributed by atoms with E-state index in [0.717, 1.165) is 18.4 Å². The Bertz CT molecular complexity index is 657. The molecule has 2 rings (SSSR count). The van der Waals surface area contributed by atoms with Crippen molar-refractivity contribution in [1.82, 2.24) is 0 Å². The first-order valence-corrected chi connectivity index (χ1v) is 8.29. The SMILES string of the molecule is COc1cc(Cl)c(C)cc1NC(=O)[C@@H](C)OC(=O)C[C@H]1C=CCC1. The first-order chi connectivity index (χ1) is 11.4. The van der Waals surface area contributed by atoms with Crippen molar-refractivity contribution in [2.24, 2.45) is 5.92 Å². The minimum absolute atomic E-state index is 0.215. The van der Waals surface area contributed by atoms with Crippen molar-refractivity contribution in [1.29, 1.82) is 0 Å². The van der Waals surface area contributed by atoms with Crippen LogP contribution < -0.4 is 10.1 Å². The molecule has 0 saturated heterocycles. The number of hydrogen-bond acceptors (Lipinski definition) is 4. The van der Waals surface area contributed by atoms with Crippen LogP contribution in [-0.4, -0.2) is 25.1 Å². The van der Waals surface area contributed by atoms with E-state index in [2.05, 4.69) is 11.4 Å². The van der Waals surface area contributed by atoms with Crippen LogP contribution in [0, 0.1) is 12.8 Å². The van der Waals surface area contributed by atoms with Crippen LogP contribution in [0.5, 0.6) is 5.75 Å². The highest BCUT2D eigenvalue weighted by Gasteiger charge is 2.22. The van der Waals surface area contributed by atoms with Crippen LogP contribution in [0.2, 0.25) is 5.02 Å². The third kappa shape index (κ3) is 4.74. The van der Waals surface area contributed by atoms with Gasteiger partial charge < -0.3 is 14.8 Å². The molecule has 24 heavy (non-hydrogen) atoms. The van der Waals surface area contributed by atoms with E-state index in [9.17, 15) is 9.59 Å². The van der Waals surface area contributed by atoms with Crippen LogP contribution in [0.4, 0.5) is 5.69 Å². The van der Waals surface area contributed by atoms with Crippen molar-refractivity contribution in [3.8, 4) is 5.75 Å². The fraction of sp³-hybridized carbons (Fsp3) is 0.444. The first-order valence-electron chi connectivity index (χ1n) is 7.92. The van der Waals surface area contributed by atoms with Crippen LogP contribution in [0.15, 0.2) is 24.3 Å². The van der Waals surface area contributed by atoms with Gasteiger partial charge in [0.2, 0.25) is 0 Å². The Kier molecular flexibility index (Phi) is 6.26. The van der Waals surface area contributed by atoms with Gasteiger partial charge in [0.1, 0.15) is 5.75 Å². The summed E-state index contributed by atoms with van der Waals surface area (Å²) in [6.45, 7) is 3.38. The lowest BCUT2D eigenvalue weighted by molar-refractivity contribution is -0.153. The molecule has 0 fully saturated rings. The molecule has 2 atom stereocenters. The summed E-state index contributed by atoms with van der Waals surface area (Å²) in [5, 5.41) is 3.26. The number of benzene rings is 1. The van der Waals surface area contributed by atoms with E-state index >= 15 is 0 Å². The number of carbonyl (C=O) groups excluding carboxylic acids is 2. The van der Waals surface area contributed by atoms with Crippen LogP contribution >= 0.6 is 11.6 Å². The predicted octanol–water partition coefficient (Wildman–Crippen LogP) is 3.88. The maximum absolute atomic E-state index is 12.3. The van der Waals surface area contributed by atoms with E-state index < -0.39 is 12.0 Å². The zero-order valence-corrected chi connectivity index (χ0v) is 14.9. The largest absolute Gasteiger partial charge is 0.495 e. The summed E-state index contributed by atoms with van der Waals surface area (Å²) >= 11 is 6.05. The number of rotatable bonds is 6. The maximum Gasteiger partial charge on any atom is 0.307 e. The highest BCUT2D eigenvalue weighted by molar-refractivity contribution is 6.31. The van der Waals surface area contributed by atoms with E-state index in [-0.39, 0.29) is 11.9 Å². The first kappa shape index (κ1) is 18.3. The van der Waals surface area contributed by atoms with E-state index in [1.165, 1.54) is 7.11 Å². The van der Waals surface area contributed by atoms with E-state index in [4.69, 9.17) is 21.1 Å². The van der Waals surface area contributed by atoms with Crippen LogP contribution in [0.3, 0.4) is 0 Å². The quantitative estimate of drug-likeness (QED) is 0.624. The predicted molar refractivity (Wildman–Crippen MR) is 93.4 cm³/mol. The van der Waals surface area contributed by atoms with Gasteiger partial charge in [-0.2, -0.15) is 0 Å². The molecule has 1 amide bonds. The van der Waals surface area contributed by atoms with Gasteiger partial charge in [-0.25, -0.2) is 0 Å². The number of ether oxygens (including phenoxy) is 2.